The summed E-state index contributed by atoms with van der Waals surface area (Å²) < 4.78 is 17.0. The number of hydrogen-bond donors (Lipinski definition) is 0. The highest BCUT2D eigenvalue weighted by Gasteiger charge is 2.25. The molecule has 7 nitrogen and oxygen atoms in total. The van der Waals surface area contributed by atoms with Gasteiger partial charge in [-0.2, -0.15) is 10.1 Å². The van der Waals surface area contributed by atoms with E-state index in [4.69, 9.17) is 14.2 Å². The highest BCUT2D eigenvalue weighted by atomic mass is 32.1. The molecule has 0 saturated heterocycles. The van der Waals surface area contributed by atoms with Gasteiger partial charge in [0.05, 0.1) is 43.3 Å². The molecule has 0 unspecified atom stereocenters. The lowest BCUT2D eigenvalue weighted by Crippen LogP contribution is -2.26. The number of methoxy groups -OCH3 is 3. The Morgan fingerprint density at radius 1 is 1.00 bits per heavy atom. The summed E-state index contributed by atoms with van der Waals surface area (Å²) in [6.07, 6.45) is 1.64. The zero-order valence-corrected chi connectivity index (χ0v) is 19.6. The molecular formula is C25H23N3O4S. The molecule has 1 heterocycles. The fraction of sp³-hybridized carbons (Fsp3) is 0.160. The van der Waals surface area contributed by atoms with Gasteiger partial charge in [0.15, 0.2) is 11.5 Å². The first-order chi connectivity index (χ1) is 16.0. The maximum Gasteiger partial charge on any atom is 0.284 e. The van der Waals surface area contributed by atoms with E-state index in [1.165, 1.54) is 30.6 Å². The van der Waals surface area contributed by atoms with E-state index in [1.54, 1.807) is 31.5 Å². The fourth-order valence-electron chi connectivity index (χ4n) is 3.25. The molecule has 0 aliphatic rings. The third-order valence-corrected chi connectivity index (χ3v) is 5.98. The van der Waals surface area contributed by atoms with Crippen LogP contribution >= 0.6 is 11.3 Å². The number of hydrazone groups is 1. The smallest absolute Gasteiger partial charge is 0.284 e. The van der Waals surface area contributed by atoms with Gasteiger partial charge in [-0.25, -0.2) is 4.98 Å². The number of para-hydroxylation sites is 1. The summed E-state index contributed by atoms with van der Waals surface area (Å²) in [6.45, 7) is 2.02. The molecule has 33 heavy (non-hydrogen) atoms. The van der Waals surface area contributed by atoms with Crippen molar-refractivity contribution in [2.75, 3.05) is 26.3 Å². The number of benzene rings is 3. The zero-order valence-electron chi connectivity index (χ0n) is 18.7. The topological polar surface area (TPSA) is 73.2 Å². The summed E-state index contributed by atoms with van der Waals surface area (Å²) in [7, 11) is 4.64. The molecule has 0 aliphatic heterocycles. The van der Waals surface area contributed by atoms with Gasteiger partial charge in [-0.3, -0.25) is 4.79 Å². The Morgan fingerprint density at radius 3 is 2.48 bits per heavy atom. The molecule has 168 valence electrons. The normalized spacial score (nSPS) is 11.0. The molecule has 0 spiro atoms. The van der Waals surface area contributed by atoms with Crippen molar-refractivity contribution in [2.45, 2.75) is 6.92 Å². The molecule has 0 saturated carbocycles. The zero-order chi connectivity index (χ0) is 23.4. The first kappa shape index (κ1) is 22.3. The van der Waals surface area contributed by atoms with E-state index in [0.717, 1.165) is 21.3 Å². The summed E-state index contributed by atoms with van der Waals surface area (Å²) in [5.74, 6) is 1.12. The third kappa shape index (κ3) is 4.65. The number of aryl methyl sites for hydroxylation is 1. The van der Waals surface area contributed by atoms with Gasteiger partial charge in [0.25, 0.3) is 5.91 Å². The lowest BCUT2D eigenvalue weighted by atomic mass is 10.1. The number of amides is 1. The average molecular weight is 462 g/mol. The molecule has 4 aromatic rings. The molecular weight excluding hydrogens is 438 g/mol. The van der Waals surface area contributed by atoms with Gasteiger partial charge in [-0.05, 0) is 42.8 Å². The first-order valence-corrected chi connectivity index (χ1v) is 11.0. The van der Waals surface area contributed by atoms with Crippen molar-refractivity contribution in [3.8, 4) is 17.2 Å². The van der Waals surface area contributed by atoms with Crippen molar-refractivity contribution in [1.82, 2.24) is 4.98 Å². The standard InChI is InChI=1S/C25H23N3O4S/c1-16-8-10-17(11-9-16)15-26-28(24(29)19-6-5-7-21(31-3)23(19)32-4)25-27-20-13-12-18(30-2)14-22(20)33-25/h5-15H,1-4H3/b26-15+. The van der Waals surface area contributed by atoms with E-state index < -0.39 is 0 Å². The number of rotatable bonds is 7. The predicted octanol–water partition coefficient (Wildman–Crippen LogP) is 5.31. The Hall–Kier alpha value is -3.91. The van der Waals surface area contributed by atoms with Crippen LogP contribution < -0.4 is 19.2 Å². The molecule has 0 fully saturated rings. The lowest BCUT2D eigenvalue weighted by Gasteiger charge is -2.17. The number of thiazole rings is 1. The molecule has 1 aromatic heterocycles. The summed E-state index contributed by atoms with van der Waals surface area (Å²) in [4.78, 5) is 18.3. The van der Waals surface area contributed by atoms with Crippen LogP contribution in [0, 0.1) is 6.92 Å². The minimum absolute atomic E-state index is 0.315. The van der Waals surface area contributed by atoms with E-state index in [1.807, 2.05) is 49.4 Å². The summed E-state index contributed by atoms with van der Waals surface area (Å²) >= 11 is 1.35. The second-order valence-electron chi connectivity index (χ2n) is 7.14. The van der Waals surface area contributed by atoms with Crippen LogP contribution in [0.2, 0.25) is 0 Å². The minimum atomic E-state index is -0.389. The molecule has 1 amide bonds. The van der Waals surface area contributed by atoms with E-state index in [-0.39, 0.29) is 5.91 Å². The van der Waals surface area contributed by atoms with E-state index in [0.29, 0.717) is 27.9 Å². The number of nitrogens with zero attached hydrogens (tertiary/aromatic N) is 3. The van der Waals surface area contributed by atoms with Crippen molar-refractivity contribution in [3.05, 3.63) is 77.4 Å². The third-order valence-electron chi connectivity index (χ3n) is 4.99. The van der Waals surface area contributed by atoms with Crippen LogP contribution in [-0.2, 0) is 0 Å². The van der Waals surface area contributed by atoms with Crippen LogP contribution in [0.25, 0.3) is 10.2 Å². The van der Waals surface area contributed by atoms with Gasteiger partial charge in [0.1, 0.15) is 5.75 Å². The van der Waals surface area contributed by atoms with Crippen LogP contribution in [0.4, 0.5) is 5.13 Å². The monoisotopic (exact) mass is 461 g/mol. The molecule has 0 atom stereocenters. The number of carbonyl (C=O) groups is 1. The van der Waals surface area contributed by atoms with Crippen molar-refractivity contribution >= 4 is 38.8 Å². The van der Waals surface area contributed by atoms with Crippen molar-refractivity contribution in [1.29, 1.82) is 0 Å². The van der Waals surface area contributed by atoms with Gasteiger partial charge in [0.2, 0.25) is 5.13 Å². The summed E-state index contributed by atoms with van der Waals surface area (Å²) in [5.41, 5.74) is 3.06. The molecule has 8 heteroatoms. The molecule has 0 aliphatic carbocycles. The van der Waals surface area contributed by atoms with Gasteiger partial charge >= 0.3 is 0 Å². The Balaban J connectivity index is 1.81. The second kappa shape index (κ2) is 9.70. The Labute approximate surface area is 195 Å². The maximum absolute atomic E-state index is 13.7. The van der Waals surface area contributed by atoms with Crippen LogP contribution in [-0.4, -0.2) is 38.4 Å². The maximum atomic E-state index is 13.7. The van der Waals surface area contributed by atoms with Crippen molar-refractivity contribution in [2.24, 2.45) is 5.10 Å². The number of fused-ring (bicyclic) bond motifs is 1. The van der Waals surface area contributed by atoms with E-state index in [9.17, 15) is 4.79 Å². The minimum Gasteiger partial charge on any atom is -0.497 e. The largest absolute Gasteiger partial charge is 0.497 e. The Kier molecular flexibility index (Phi) is 6.55. The fourth-order valence-corrected chi connectivity index (χ4v) is 4.20. The van der Waals surface area contributed by atoms with Crippen LogP contribution in [0.3, 0.4) is 0 Å². The molecule has 0 N–H and O–H groups in total. The highest BCUT2D eigenvalue weighted by molar-refractivity contribution is 7.22. The lowest BCUT2D eigenvalue weighted by molar-refractivity contribution is 0.0984. The number of anilines is 1. The quantitative estimate of drug-likeness (QED) is 0.275. The van der Waals surface area contributed by atoms with Crippen molar-refractivity contribution in [3.63, 3.8) is 0 Å². The van der Waals surface area contributed by atoms with Crippen molar-refractivity contribution < 1.29 is 19.0 Å². The number of hydrogen-bond acceptors (Lipinski definition) is 7. The summed E-state index contributed by atoms with van der Waals surface area (Å²) in [5, 5.41) is 6.23. The van der Waals surface area contributed by atoms with Crippen LogP contribution in [0.1, 0.15) is 21.5 Å². The highest BCUT2D eigenvalue weighted by Crippen LogP contribution is 2.35. The SMILES string of the molecule is COc1ccc2nc(N(/N=C/c3ccc(C)cc3)C(=O)c3cccc(OC)c3OC)sc2c1. The molecule has 4 rings (SSSR count). The van der Waals surface area contributed by atoms with Gasteiger partial charge < -0.3 is 14.2 Å². The molecule has 0 radical (unpaired) electrons. The second-order valence-corrected chi connectivity index (χ2v) is 8.15. The van der Waals surface area contributed by atoms with Crippen LogP contribution in [0.15, 0.2) is 65.8 Å². The Morgan fingerprint density at radius 2 is 1.79 bits per heavy atom. The average Bonchev–Trinajstić information content (AvgIpc) is 3.27. The predicted molar refractivity (Wildman–Crippen MR) is 131 cm³/mol. The van der Waals surface area contributed by atoms with Gasteiger partial charge in [-0.15, -0.1) is 0 Å². The molecule has 0 bridgehead atoms. The number of carbonyl (C=O) groups excluding carboxylic acids is 1. The van der Waals surface area contributed by atoms with E-state index in [2.05, 4.69) is 10.1 Å². The number of aromatic nitrogens is 1. The summed E-state index contributed by atoms with van der Waals surface area (Å²) in [6, 6.07) is 18.6. The number of ether oxygens (including phenoxy) is 3. The Bertz CT molecular complexity index is 1320. The van der Waals surface area contributed by atoms with E-state index >= 15 is 0 Å². The van der Waals surface area contributed by atoms with Gasteiger partial charge in [0, 0.05) is 0 Å². The van der Waals surface area contributed by atoms with Gasteiger partial charge in [-0.1, -0.05) is 47.2 Å². The first-order valence-electron chi connectivity index (χ1n) is 10.1. The molecule has 3 aromatic carbocycles. The van der Waals surface area contributed by atoms with Crippen LogP contribution in [0.5, 0.6) is 17.2 Å².